The van der Waals surface area contributed by atoms with Gasteiger partial charge in [0, 0.05) is 35.0 Å². The van der Waals surface area contributed by atoms with Crippen molar-refractivity contribution < 1.29 is 0 Å². The molecule has 0 spiro atoms. The highest BCUT2D eigenvalue weighted by Crippen LogP contribution is 2.51. The predicted molar refractivity (Wildman–Crippen MR) is 175 cm³/mol. The molecule has 3 aromatic carbocycles. The van der Waals surface area contributed by atoms with Gasteiger partial charge in [0.15, 0.2) is 0 Å². The zero-order valence-corrected chi connectivity index (χ0v) is 25.8. The first-order valence-corrected chi connectivity index (χ1v) is 15.0. The normalized spacial score (nSPS) is 17.0. The number of fused-ring (bicyclic) bond motifs is 1. The Morgan fingerprint density at radius 1 is 1.05 bits per heavy atom. The molecule has 6 rings (SSSR count). The molecule has 10 heteroatoms. The highest BCUT2D eigenvalue weighted by molar-refractivity contribution is 6.36. The number of nitrogens with zero attached hydrogens (tertiary/aromatic N) is 3. The maximum Gasteiger partial charge on any atom is 0.119 e. The van der Waals surface area contributed by atoms with Gasteiger partial charge in [0.1, 0.15) is 13.9 Å². The zero-order valence-electron chi connectivity index (χ0n) is 24.3. The molecule has 0 amide bonds. The number of nitrogens with one attached hydrogen (secondary N) is 4. The average Bonchev–Trinajstić information content (AvgIpc) is 3.64. The minimum Gasteiger partial charge on any atom is -0.383 e. The molecule has 1 aromatic heterocycles. The van der Waals surface area contributed by atoms with Crippen LogP contribution in [0.2, 0.25) is 10.0 Å². The van der Waals surface area contributed by atoms with E-state index in [1.54, 1.807) is 12.3 Å². The first-order valence-electron chi connectivity index (χ1n) is 14.2. The summed E-state index contributed by atoms with van der Waals surface area (Å²) < 4.78 is 0. The largest absolute Gasteiger partial charge is 0.383 e. The predicted octanol–water partition coefficient (Wildman–Crippen LogP) is 7.16. The summed E-state index contributed by atoms with van der Waals surface area (Å²) in [5.74, 6) is 0. The van der Waals surface area contributed by atoms with E-state index in [9.17, 15) is 5.26 Å². The van der Waals surface area contributed by atoms with E-state index in [1.807, 2.05) is 42.6 Å². The fourth-order valence-electron chi connectivity index (χ4n) is 5.53. The van der Waals surface area contributed by atoms with Crippen LogP contribution in [-0.4, -0.2) is 24.4 Å². The van der Waals surface area contributed by atoms with E-state index in [4.69, 9.17) is 31.0 Å². The Morgan fingerprint density at radius 3 is 2.44 bits per heavy atom. The Labute approximate surface area is 263 Å². The lowest BCUT2D eigenvalue weighted by Gasteiger charge is -2.35. The SMILES string of the molecule is [B]C(Nc1cc(Cl)c2ncc(C#N)c(NCC(C)(C)C)c2c1)(C1=CN(C2(c3ccccc3)CC2)NN1)c1ccccc1Cl. The van der Waals surface area contributed by atoms with Gasteiger partial charge < -0.3 is 16.1 Å². The van der Waals surface area contributed by atoms with E-state index in [-0.39, 0.29) is 11.0 Å². The average molecular weight is 608 g/mol. The monoisotopic (exact) mass is 607 g/mol. The van der Waals surface area contributed by atoms with Crippen molar-refractivity contribution >= 4 is 53.3 Å². The van der Waals surface area contributed by atoms with Gasteiger partial charge in [-0.15, -0.1) is 5.53 Å². The van der Waals surface area contributed by atoms with Crippen molar-refractivity contribution in [3.8, 4) is 6.07 Å². The minimum atomic E-state index is -1.29. The van der Waals surface area contributed by atoms with Crippen LogP contribution in [0.4, 0.5) is 11.4 Å². The molecule has 4 aromatic rings. The van der Waals surface area contributed by atoms with Crippen LogP contribution < -0.4 is 21.6 Å². The molecule has 43 heavy (non-hydrogen) atoms. The second-order valence-corrected chi connectivity index (χ2v) is 13.2. The summed E-state index contributed by atoms with van der Waals surface area (Å²) in [5.41, 5.74) is 10.1. The second kappa shape index (κ2) is 11.0. The fraction of sp³-hybridized carbons (Fsp3) is 0.273. The first kappa shape index (κ1) is 29.2. The minimum absolute atomic E-state index is 0.0173. The van der Waals surface area contributed by atoms with Crippen LogP contribution in [0, 0.1) is 16.7 Å². The molecule has 0 bridgehead atoms. The van der Waals surface area contributed by atoms with E-state index >= 15 is 0 Å². The molecule has 2 aliphatic rings. The van der Waals surface area contributed by atoms with E-state index in [0.717, 1.165) is 12.8 Å². The molecule has 1 aliphatic heterocycles. The van der Waals surface area contributed by atoms with Crippen LogP contribution in [0.5, 0.6) is 0 Å². The lowest BCUT2D eigenvalue weighted by atomic mass is 9.69. The zero-order chi connectivity index (χ0) is 30.4. The van der Waals surface area contributed by atoms with Crippen molar-refractivity contribution in [3.63, 3.8) is 0 Å². The van der Waals surface area contributed by atoms with Gasteiger partial charge in [-0.25, -0.2) is 0 Å². The van der Waals surface area contributed by atoms with E-state index in [1.165, 1.54) is 5.56 Å². The van der Waals surface area contributed by atoms with Gasteiger partial charge in [-0.3, -0.25) is 9.99 Å². The second-order valence-electron chi connectivity index (χ2n) is 12.4. The number of halogens is 2. The van der Waals surface area contributed by atoms with Crippen LogP contribution >= 0.6 is 23.2 Å². The third kappa shape index (κ3) is 5.49. The Morgan fingerprint density at radius 2 is 1.77 bits per heavy atom. The molecule has 7 nitrogen and oxygen atoms in total. The van der Waals surface area contributed by atoms with Gasteiger partial charge in [-0.2, -0.15) is 5.26 Å². The van der Waals surface area contributed by atoms with Crippen LogP contribution in [0.15, 0.2) is 84.8 Å². The van der Waals surface area contributed by atoms with Crippen molar-refractivity contribution in [2.24, 2.45) is 5.41 Å². The lowest BCUT2D eigenvalue weighted by molar-refractivity contribution is 0.176. The topological polar surface area (TPSA) is 88.0 Å². The van der Waals surface area contributed by atoms with Crippen LogP contribution in [0.1, 0.15) is 50.3 Å². The first-order chi connectivity index (χ1) is 20.5. The molecule has 2 radical (unpaired) electrons. The summed E-state index contributed by atoms with van der Waals surface area (Å²) in [6.07, 6.45) is 5.57. The quantitative estimate of drug-likeness (QED) is 0.158. The third-order valence-corrected chi connectivity index (χ3v) is 8.59. The molecule has 4 N–H and O–H groups in total. The summed E-state index contributed by atoms with van der Waals surface area (Å²) in [6.45, 7) is 7.04. The smallest absolute Gasteiger partial charge is 0.119 e. The summed E-state index contributed by atoms with van der Waals surface area (Å²) in [5, 5.41) is 20.6. The molecular weight excluding hydrogens is 576 g/mol. The summed E-state index contributed by atoms with van der Waals surface area (Å²) >= 11 is 13.6. The van der Waals surface area contributed by atoms with Crippen LogP contribution in [0.3, 0.4) is 0 Å². The Hall–Kier alpha value is -3.90. The van der Waals surface area contributed by atoms with Crippen molar-refractivity contribution in [2.45, 2.75) is 44.6 Å². The van der Waals surface area contributed by atoms with Gasteiger partial charge in [-0.05, 0) is 47.6 Å². The maximum atomic E-state index is 9.89. The number of rotatable bonds is 8. The standard InChI is InChI=1S/C33H32BCl2N7/c1-31(2,3)20-39-29-21(17-37)18-38-30-24(29)15-23(16-27(30)36)40-33(34,25-11-7-8-12-26(25)35)28-19-43(42-41-28)32(13-14-32)22-9-5-4-6-10-22/h4-12,15-16,18-19,40-42H,13-14,20H2,1-3H3,(H,38,39). The molecular formula is C33H32BCl2N7. The summed E-state index contributed by atoms with van der Waals surface area (Å²) in [7, 11) is 7.31. The van der Waals surface area contributed by atoms with Crippen molar-refractivity contribution in [1.82, 2.24) is 21.0 Å². The Bertz CT molecular complexity index is 1760. The number of nitriles is 1. The van der Waals surface area contributed by atoms with Crippen molar-refractivity contribution in [2.75, 3.05) is 17.2 Å². The highest BCUT2D eigenvalue weighted by Gasteiger charge is 2.51. The van der Waals surface area contributed by atoms with E-state index < -0.39 is 5.44 Å². The number of hydrogen-bond acceptors (Lipinski definition) is 7. The van der Waals surface area contributed by atoms with Gasteiger partial charge >= 0.3 is 0 Å². The molecule has 0 saturated heterocycles. The molecule has 1 saturated carbocycles. The molecule has 216 valence electrons. The maximum absolute atomic E-state index is 9.89. The number of benzene rings is 3. The third-order valence-electron chi connectivity index (χ3n) is 7.97. The summed E-state index contributed by atoms with van der Waals surface area (Å²) in [6, 6.07) is 23.9. The van der Waals surface area contributed by atoms with Crippen LogP contribution in [0.25, 0.3) is 10.9 Å². The number of hydrogen-bond donors (Lipinski definition) is 4. The van der Waals surface area contributed by atoms with Crippen LogP contribution in [-0.2, 0) is 11.0 Å². The van der Waals surface area contributed by atoms with Gasteiger partial charge in [0.2, 0.25) is 0 Å². The van der Waals surface area contributed by atoms with Gasteiger partial charge in [0.05, 0.1) is 38.5 Å². The van der Waals surface area contributed by atoms with Gasteiger partial charge in [0.25, 0.3) is 0 Å². The number of hydrazine groups is 2. The Balaban J connectivity index is 1.44. The van der Waals surface area contributed by atoms with E-state index in [2.05, 4.69) is 82.7 Å². The molecule has 1 unspecified atom stereocenters. The molecule has 1 fully saturated rings. The molecule has 1 aliphatic carbocycles. The molecule has 1 atom stereocenters. The number of pyridine rings is 1. The highest BCUT2D eigenvalue weighted by atomic mass is 35.5. The number of aromatic nitrogens is 1. The van der Waals surface area contributed by atoms with E-state index in [0.29, 0.717) is 55.7 Å². The number of anilines is 2. The molecule has 2 heterocycles. The Kier molecular flexibility index (Phi) is 7.46. The van der Waals surface area contributed by atoms with Gasteiger partial charge in [-0.1, -0.05) is 92.5 Å². The van der Waals surface area contributed by atoms with Crippen molar-refractivity contribution in [1.29, 1.82) is 5.26 Å². The summed E-state index contributed by atoms with van der Waals surface area (Å²) in [4.78, 5) is 4.50. The van der Waals surface area contributed by atoms with Crippen molar-refractivity contribution in [3.05, 3.63) is 112 Å². The fourth-order valence-corrected chi connectivity index (χ4v) is 6.08. The lowest BCUT2D eigenvalue weighted by Crippen LogP contribution is -2.47.